The topological polar surface area (TPSA) is 61.5 Å². The minimum Gasteiger partial charge on any atom is -0.497 e. The fourth-order valence-corrected chi connectivity index (χ4v) is 5.87. The number of nitrogens with zero attached hydrogens (tertiary/aromatic N) is 4. The zero-order chi connectivity index (χ0) is 19.8. The summed E-state index contributed by atoms with van der Waals surface area (Å²) >= 11 is 4.90. The van der Waals surface area contributed by atoms with Crippen molar-refractivity contribution in [3.63, 3.8) is 0 Å². The SMILES string of the molecule is COc1ccc(-c2nc(CSc3nnc4sc5ccccc5n34)cs2)c(OC)c1. The van der Waals surface area contributed by atoms with Crippen molar-refractivity contribution < 1.29 is 9.47 Å². The Morgan fingerprint density at radius 1 is 1.07 bits per heavy atom. The number of thiazole rings is 2. The van der Waals surface area contributed by atoms with Gasteiger partial charge in [-0.2, -0.15) is 0 Å². The summed E-state index contributed by atoms with van der Waals surface area (Å²) in [6, 6.07) is 14.1. The third kappa shape index (κ3) is 3.35. The summed E-state index contributed by atoms with van der Waals surface area (Å²) in [5.74, 6) is 2.23. The van der Waals surface area contributed by atoms with Gasteiger partial charge >= 0.3 is 0 Å². The molecule has 0 saturated heterocycles. The minimum atomic E-state index is 0.722. The summed E-state index contributed by atoms with van der Waals surface area (Å²) in [6.07, 6.45) is 0. The first-order chi connectivity index (χ1) is 14.3. The Hall–Kier alpha value is -2.62. The summed E-state index contributed by atoms with van der Waals surface area (Å²) in [7, 11) is 3.30. The van der Waals surface area contributed by atoms with Gasteiger partial charge in [-0.25, -0.2) is 4.98 Å². The van der Waals surface area contributed by atoms with Crippen LogP contribution in [0.25, 0.3) is 25.7 Å². The molecule has 0 aliphatic carbocycles. The maximum Gasteiger partial charge on any atom is 0.217 e. The van der Waals surface area contributed by atoms with Crippen LogP contribution in [-0.4, -0.2) is 33.8 Å². The number of benzene rings is 2. The molecule has 5 aromatic rings. The molecule has 3 aromatic heterocycles. The number of hydrogen-bond acceptors (Lipinski definition) is 8. The Kier molecular flexibility index (Phi) is 4.86. The first kappa shape index (κ1) is 18.4. The molecule has 0 amide bonds. The molecule has 0 unspecified atom stereocenters. The predicted molar refractivity (Wildman–Crippen MR) is 119 cm³/mol. The maximum atomic E-state index is 5.51. The van der Waals surface area contributed by atoms with E-state index >= 15 is 0 Å². The second-order valence-electron chi connectivity index (χ2n) is 6.17. The summed E-state index contributed by atoms with van der Waals surface area (Å²) in [5.41, 5.74) is 3.11. The van der Waals surface area contributed by atoms with E-state index in [0.29, 0.717) is 0 Å². The third-order valence-electron chi connectivity index (χ3n) is 4.45. The smallest absolute Gasteiger partial charge is 0.217 e. The highest BCUT2D eigenvalue weighted by Crippen LogP contribution is 2.36. The molecular formula is C20H16N4O2S3. The normalized spacial score (nSPS) is 11.4. The van der Waals surface area contributed by atoms with Gasteiger partial charge in [0.25, 0.3) is 0 Å². The molecule has 0 bridgehead atoms. The molecule has 29 heavy (non-hydrogen) atoms. The Morgan fingerprint density at radius 2 is 1.97 bits per heavy atom. The molecule has 6 nitrogen and oxygen atoms in total. The molecular weight excluding hydrogens is 424 g/mol. The molecule has 9 heteroatoms. The van der Waals surface area contributed by atoms with Crippen LogP contribution in [0.1, 0.15) is 5.69 Å². The van der Waals surface area contributed by atoms with Crippen LogP contribution in [0.15, 0.2) is 53.0 Å². The lowest BCUT2D eigenvalue weighted by Gasteiger charge is -2.08. The zero-order valence-electron chi connectivity index (χ0n) is 15.7. The summed E-state index contributed by atoms with van der Waals surface area (Å²) in [6.45, 7) is 0. The van der Waals surface area contributed by atoms with Crippen molar-refractivity contribution in [1.29, 1.82) is 0 Å². The van der Waals surface area contributed by atoms with E-state index in [0.717, 1.165) is 49.2 Å². The van der Waals surface area contributed by atoms with E-state index in [2.05, 4.69) is 32.1 Å². The molecule has 0 aliphatic rings. The molecule has 0 spiro atoms. The number of hydrogen-bond donors (Lipinski definition) is 0. The van der Waals surface area contributed by atoms with Crippen molar-refractivity contribution in [2.45, 2.75) is 10.9 Å². The number of methoxy groups -OCH3 is 2. The monoisotopic (exact) mass is 440 g/mol. The van der Waals surface area contributed by atoms with Gasteiger partial charge in [-0.15, -0.1) is 21.5 Å². The van der Waals surface area contributed by atoms with Crippen molar-refractivity contribution >= 4 is 49.6 Å². The van der Waals surface area contributed by atoms with Gasteiger partial charge in [-0.3, -0.25) is 4.40 Å². The molecule has 0 aliphatic heterocycles. The van der Waals surface area contributed by atoms with Gasteiger partial charge in [-0.1, -0.05) is 35.2 Å². The number of ether oxygens (including phenoxy) is 2. The average molecular weight is 441 g/mol. The second kappa shape index (κ2) is 7.66. The first-order valence-corrected chi connectivity index (χ1v) is 11.5. The predicted octanol–water partition coefficient (Wildman–Crippen LogP) is 5.38. The highest BCUT2D eigenvalue weighted by molar-refractivity contribution is 7.98. The molecule has 0 N–H and O–H groups in total. The van der Waals surface area contributed by atoms with Crippen LogP contribution in [0.2, 0.25) is 0 Å². The molecule has 0 atom stereocenters. The summed E-state index contributed by atoms with van der Waals surface area (Å²) < 4.78 is 14.1. The van der Waals surface area contributed by atoms with Gasteiger partial charge in [0.1, 0.15) is 16.5 Å². The standard InChI is InChI=1S/C20H16N4O2S3/c1-25-13-7-8-14(16(9-13)26-2)18-21-12(10-27-18)11-28-19-22-23-20-24(19)15-5-3-4-6-17(15)29-20/h3-10H,11H2,1-2H3. The van der Waals surface area contributed by atoms with E-state index in [4.69, 9.17) is 14.5 Å². The van der Waals surface area contributed by atoms with E-state index in [1.165, 1.54) is 4.70 Å². The van der Waals surface area contributed by atoms with Gasteiger partial charge in [0.2, 0.25) is 4.96 Å². The van der Waals surface area contributed by atoms with Crippen molar-refractivity contribution in [3.05, 3.63) is 53.5 Å². The average Bonchev–Trinajstić information content (AvgIpc) is 3.47. The zero-order valence-corrected chi connectivity index (χ0v) is 18.1. The minimum absolute atomic E-state index is 0.722. The van der Waals surface area contributed by atoms with Crippen molar-refractivity contribution in [3.8, 4) is 22.1 Å². The van der Waals surface area contributed by atoms with Gasteiger partial charge in [-0.05, 0) is 24.3 Å². The van der Waals surface area contributed by atoms with Crippen LogP contribution >= 0.6 is 34.4 Å². The lowest BCUT2D eigenvalue weighted by molar-refractivity contribution is 0.395. The van der Waals surface area contributed by atoms with Crippen LogP contribution in [0, 0.1) is 0 Å². The molecule has 0 saturated carbocycles. The molecule has 2 aromatic carbocycles. The van der Waals surface area contributed by atoms with Gasteiger partial charge in [0.05, 0.1) is 35.7 Å². The molecule has 3 heterocycles. The summed E-state index contributed by atoms with van der Waals surface area (Å²) in [4.78, 5) is 5.71. The van der Waals surface area contributed by atoms with Crippen molar-refractivity contribution in [2.75, 3.05) is 14.2 Å². The Bertz CT molecular complexity index is 1310. The lowest BCUT2D eigenvalue weighted by atomic mass is 10.2. The Labute approximate surface area is 179 Å². The number of aromatic nitrogens is 4. The number of rotatable bonds is 6. The highest BCUT2D eigenvalue weighted by atomic mass is 32.2. The van der Waals surface area contributed by atoms with Crippen LogP contribution in [0.5, 0.6) is 11.5 Å². The van der Waals surface area contributed by atoms with Crippen LogP contribution in [-0.2, 0) is 5.75 Å². The molecule has 5 rings (SSSR count). The van der Waals surface area contributed by atoms with Crippen LogP contribution in [0.4, 0.5) is 0 Å². The Morgan fingerprint density at radius 3 is 2.83 bits per heavy atom. The van der Waals surface area contributed by atoms with E-state index in [9.17, 15) is 0 Å². The number of thioether (sulfide) groups is 1. The number of para-hydroxylation sites is 1. The van der Waals surface area contributed by atoms with E-state index in [-0.39, 0.29) is 0 Å². The van der Waals surface area contributed by atoms with Crippen LogP contribution < -0.4 is 9.47 Å². The molecule has 146 valence electrons. The third-order valence-corrected chi connectivity index (χ3v) is 7.35. The van der Waals surface area contributed by atoms with Crippen molar-refractivity contribution in [2.24, 2.45) is 0 Å². The van der Waals surface area contributed by atoms with Gasteiger partial charge < -0.3 is 9.47 Å². The fraction of sp³-hybridized carbons (Fsp3) is 0.150. The second-order valence-corrected chi connectivity index (χ2v) is 8.98. The quantitative estimate of drug-likeness (QED) is 0.331. The van der Waals surface area contributed by atoms with E-state index < -0.39 is 0 Å². The first-order valence-electron chi connectivity index (χ1n) is 8.79. The number of fused-ring (bicyclic) bond motifs is 3. The maximum absolute atomic E-state index is 5.51. The molecule has 0 radical (unpaired) electrons. The largest absolute Gasteiger partial charge is 0.497 e. The molecule has 0 fully saturated rings. The summed E-state index contributed by atoms with van der Waals surface area (Å²) in [5, 5.41) is 12.6. The highest BCUT2D eigenvalue weighted by Gasteiger charge is 2.15. The Balaban J connectivity index is 1.39. The lowest BCUT2D eigenvalue weighted by Crippen LogP contribution is -1.91. The van der Waals surface area contributed by atoms with Gasteiger partial charge in [0, 0.05) is 17.2 Å². The van der Waals surface area contributed by atoms with E-state index in [1.54, 1.807) is 48.7 Å². The van der Waals surface area contributed by atoms with Crippen LogP contribution in [0.3, 0.4) is 0 Å². The fourth-order valence-electron chi connectivity index (χ4n) is 3.06. The van der Waals surface area contributed by atoms with Gasteiger partial charge in [0.15, 0.2) is 5.16 Å². The van der Waals surface area contributed by atoms with Crippen molar-refractivity contribution in [1.82, 2.24) is 19.6 Å². The van der Waals surface area contributed by atoms with E-state index in [1.807, 2.05) is 30.3 Å².